The van der Waals surface area contributed by atoms with Crippen molar-refractivity contribution in [2.75, 3.05) is 26.2 Å². The zero-order valence-corrected chi connectivity index (χ0v) is 10.4. The predicted molar refractivity (Wildman–Crippen MR) is 62.9 cm³/mol. The van der Waals surface area contributed by atoms with E-state index in [1.807, 2.05) is 5.01 Å². The topological polar surface area (TPSA) is 41.3 Å². The summed E-state index contributed by atoms with van der Waals surface area (Å²) >= 11 is 0. The van der Waals surface area contributed by atoms with E-state index >= 15 is 0 Å². The summed E-state index contributed by atoms with van der Waals surface area (Å²) in [5, 5.41) is 5.28. The van der Waals surface area contributed by atoms with E-state index in [2.05, 4.69) is 39.9 Å². The molecule has 0 spiro atoms. The molecule has 3 heteroatoms. The smallest absolute Gasteiger partial charge is 0.0254 e. The summed E-state index contributed by atoms with van der Waals surface area (Å²) < 4.78 is 0. The Hall–Kier alpha value is -0.120. The van der Waals surface area contributed by atoms with E-state index in [1.165, 1.54) is 0 Å². The van der Waals surface area contributed by atoms with E-state index in [0.29, 0.717) is 5.92 Å². The van der Waals surface area contributed by atoms with Crippen molar-refractivity contribution in [1.82, 2.24) is 10.3 Å². The summed E-state index contributed by atoms with van der Waals surface area (Å²) in [5.74, 6) is 6.58. The van der Waals surface area contributed by atoms with Crippen LogP contribution in [0.2, 0.25) is 0 Å². The SMILES string of the molecule is CC(C)CNCCN(N)CC(C)(C)C. The van der Waals surface area contributed by atoms with Crippen LogP contribution in [0, 0.1) is 11.3 Å². The fourth-order valence-electron chi connectivity index (χ4n) is 1.30. The zero-order valence-electron chi connectivity index (χ0n) is 10.4. The Morgan fingerprint density at radius 2 is 1.86 bits per heavy atom. The van der Waals surface area contributed by atoms with Gasteiger partial charge in [-0.1, -0.05) is 34.6 Å². The maximum absolute atomic E-state index is 5.87. The summed E-state index contributed by atoms with van der Waals surface area (Å²) in [6, 6.07) is 0. The largest absolute Gasteiger partial charge is 0.315 e. The lowest BCUT2D eigenvalue weighted by Crippen LogP contribution is -2.42. The van der Waals surface area contributed by atoms with E-state index < -0.39 is 0 Å². The molecule has 0 aliphatic heterocycles. The zero-order chi connectivity index (χ0) is 11.2. The van der Waals surface area contributed by atoms with Crippen LogP contribution in [-0.2, 0) is 0 Å². The number of hydrazine groups is 1. The lowest BCUT2D eigenvalue weighted by atomic mass is 9.97. The van der Waals surface area contributed by atoms with Gasteiger partial charge in [0, 0.05) is 19.6 Å². The van der Waals surface area contributed by atoms with Crippen molar-refractivity contribution in [3.8, 4) is 0 Å². The summed E-state index contributed by atoms with van der Waals surface area (Å²) in [4.78, 5) is 0. The van der Waals surface area contributed by atoms with Crippen LogP contribution >= 0.6 is 0 Å². The molecule has 0 aromatic rings. The minimum atomic E-state index is 0.285. The third-order valence-electron chi connectivity index (χ3n) is 1.81. The molecule has 0 bridgehead atoms. The van der Waals surface area contributed by atoms with Gasteiger partial charge in [0.1, 0.15) is 0 Å². The molecule has 0 atom stereocenters. The molecule has 0 amide bonds. The second-order valence-corrected chi connectivity index (χ2v) is 5.63. The molecule has 3 nitrogen and oxygen atoms in total. The Morgan fingerprint density at radius 1 is 1.29 bits per heavy atom. The number of hydrogen-bond donors (Lipinski definition) is 2. The Balaban J connectivity index is 3.40. The second-order valence-electron chi connectivity index (χ2n) is 5.63. The van der Waals surface area contributed by atoms with Gasteiger partial charge in [-0.15, -0.1) is 0 Å². The van der Waals surface area contributed by atoms with Crippen molar-refractivity contribution >= 4 is 0 Å². The highest BCUT2D eigenvalue weighted by molar-refractivity contribution is 4.66. The lowest BCUT2D eigenvalue weighted by molar-refractivity contribution is 0.195. The molecule has 14 heavy (non-hydrogen) atoms. The fourth-order valence-corrected chi connectivity index (χ4v) is 1.30. The summed E-state index contributed by atoms with van der Waals surface area (Å²) in [6.45, 7) is 14.9. The number of hydrogen-bond acceptors (Lipinski definition) is 3. The Bertz CT molecular complexity index is 138. The third-order valence-corrected chi connectivity index (χ3v) is 1.81. The van der Waals surface area contributed by atoms with Crippen LogP contribution in [0.1, 0.15) is 34.6 Å². The average molecular weight is 201 g/mol. The van der Waals surface area contributed by atoms with Gasteiger partial charge in [-0.05, 0) is 17.9 Å². The van der Waals surface area contributed by atoms with Crippen molar-refractivity contribution in [2.45, 2.75) is 34.6 Å². The van der Waals surface area contributed by atoms with Gasteiger partial charge in [0.15, 0.2) is 0 Å². The van der Waals surface area contributed by atoms with E-state index in [0.717, 1.165) is 26.2 Å². The number of rotatable bonds is 6. The van der Waals surface area contributed by atoms with Crippen LogP contribution in [0.25, 0.3) is 0 Å². The van der Waals surface area contributed by atoms with Crippen LogP contribution in [0.3, 0.4) is 0 Å². The average Bonchev–Trinajstić information content (AvgIpc) is 1.94. The van der Waals surface area contributed by atoms with E-state index in [1.54, 1.807) is 0 Å². The molecule has 86 valence electrons. The van der Waals surface area contributed by atoms with Crippen LogP contribution in [-0.4, -0.2) is 31.2 Å². The number of nitrogens with two attached hydrogens (primary N) is 1. The van der Waals surface area contributed by atoms with Gasteiger partial charge in [0.2, 0.25) is 0 Å². The van der Waals surface area contributed by atoms with Gasteiger partial charge in [0.25, 0.3) is 0 Å². The summed E-state index contributed by atoms with van der Waals surface area (Å²) in [7, 11) is 0. The second kappa shape index (κ2) is 6.38. The van der Waals surface area contributed by atoms with Crippen molar-refractivity contribution in [2.24, 2.45) is 17.2 Å². The molecule has 0 heterocycles. The normalized spacial score (nSPS) is 12.9. The Morgan fingerprint density at radius 3 is 2.29 bits per heavy atom. The molecular formula is C11H27N3. The molecule has 0 saturated heterocycles. The quantitative estimate of drug-likeness (QED) is 0.388. The summed E-state index contributed by atoms with van der Waals surface area (Å²) in [6.07, 6.45) is 0. The van der Waals surface area contributed by atoms with Crippen LogP contribution in [0.5, 0.6) is 0 Å². The molecule has 0 aromatic carbocycles. The van der Waals surface area contributed by atoms with Crippen molar-refractivity contribution in [1.29, 1.82) is 0 Å². The third kappa shape index (κ3) is 9.96. The minimum absolute atomic E-state index is 0.285. The monoisotopic (exact) mass is 201 g/mol. The molecule has 0 aromatic heterocycles. The molecule has 0 unspecified atom stereocenters. The van der Waals surface area contributed by atoms with Crippen molar-refractivity contribution in [3.05, 3.63) is 0 Å². The van der Waals surface area contributed by atoms with Crippen LogP contribution < -0.4 is 11.2 Å². The highest BCUT2D eigenvalue weighted by Crippen LogP contribution is 2.12. The highest BCUT2D eigenvalue weighted by Gasteiger charge is 2.13. The van der Waals surface area contributed by atoms with E-state index in [9.17, 15) is 0 Å². The van der Waals surface area contributed by atoms with E-state index in [-0.39, 0.29) is 5.41 Å². The molecule has 0 aliphatic carbocycles. The van der Waals surface area contributed by atoms with Gasteiger partial charge in [0.05, 0.1) is 0 Å². The molecule has 0 saturated carbocycles. The number of nitrogens with zero attached hydrogens (tertiary/aromatic N) is 1. The van der Waals surface area contributed by atoms with Gasteiger partial charge >= 0.3 is 0 Å². The maximum Gasteiger partial charge on any atom is 0.0254 e. The molecule has 0 radical (unpaired) electrons. The predicted octanol–water partition coefficient (Wildman–Crippen LogP) is 1.45. The van der Waals surface area contributed by atoms with Gasteiger partial charge in [-0.25, -0.2) is 5.01 Å². The fraction of sp³-hybridized carbons (Fsp3) is 1.00. The first kappa shape index (κ1) is 13.9. The van der Waals surface area contributed by atoms with Crippen LogP contribution in [0.4, 0.5) is 0 Å². The molecule has 0 aliphatic rings. The molecule has 3 N–H and O–H groups in total. The number of nitrogens with one attached hydrogen (secondary N) is 1. The van der Waals surface area contributed by atoms with E-state index in [4.69, 9.17) is 5.84 Å². The molecular weight excluding hydrogens is 174 g/mol. The van der Waals surface area contributed by atoms with Crippen LogP contribution in [0.15, 0.2) is 0 Å². The Kier molecular flexibility index (Phi) is 6.33. The molecule has 0 fully saturated rings. The van der Waals surface area contributed by atoms with Gasteiger partial charge < -0.3 is 5.32 Å². The first-order chi connectivity index (χ1) is 6.31. The molecule has 0 rings (SSSR count). The van der Waals surface area contributed by atoms with Gasteiger partial charge in [-0.2, -0.15) is 0 Å². The minimum Gasteiger partial charge on any atom is -0.315 e. The maximum atomic E-state index is 5.87. The van der Waals surface area contributed by atoms with Crippen molar-refractivity contribution in [3.63, 3.8) is 0 Å². The standard InChI is InChI=1S/C11H27N3/c1-10(2)8-13-6-7-14(12)9-11(3,4)5/h10,13H,6-9,12H2,1-5H3. The first-order valence-electron chi connectivity index (χ1n) is 5.51. The van der Waals surface area contributed by atoms with Crippen molar-refractivity contribution < 1.29 is 0 Å². The first-order valence-corrected chi connectivity index (χ1v) is 5.51. The summed E-state index contributed by atoms with van der Waals surface area (Å²) in [5.41, 5.74) is 0.285. The Labute approximate surface area is 89.0 Å². The highest BCUT2D eigenvalue weighted by atomic mass is 15.4. The lowest BCUT2D eigenvalue weighted by Gasteiger charge is -2.26. The van der Waals surface area contributed by atoms with Gasteiger partial charge in [-0.3, -0.25) is 5.84 Å².